The van der Waals surface area contributed by atoms with Crippen LogP contribution in [-0.4, -0.2) is 39.9 Å². The van der Waals surface area contributed by atoms with Crippen LogP contribution in [0.5, 0.6) is 0 Å². The van der Waals surface area contributed by atoms with Gasteiger partial charge in [-0.3, -0.25) is 0 Å². The first-order chi connectivity index (χ1) is 6.75. The zero-order chi connectivity index (χ0) is 9.97. The number of aryl methyl sites for hydroxylation is 1. The van der Waals surface area contributed by atoms with Gasteiger partial charge in [0, 0.05) is 0 Å². The van der Waals surface area contributed by atoms with Gasteiger partial charge in [-0.2, -0.15) is 0 Å². The average Bonchev–Trinajstić information content (AvgIpc) is 2.18. The van der Waals surface area contributed by atoms with Gasteiger partial charge in [0.1, 0.15) is 0 Å². The van der Waals surface area contributed by atoms with E-state index in [1.165, 1.54) is 19.3 Å². The molecule has 14 heavy (non-hydrogen) atoms. The number of nitrogens with zero attached hydrogens (tertiary/aromatic N) is 3. The SMILES string of the molecule is Cc1cc(N2CCCCC2)nc([As])n1. The zero-order valence-corrected chi connectivity index (χ0v) is 10.3. The van der Waals surface area contributed by atoms with E-state index in [-0.39, 0.29) is 0 Å². The molecule has 1 aromatic rings. The van der Waals surface area contributed by atoms with Gasteiger partial charge in [-0.05, 0) is 0 Å². The standard InChI is InChI=1S/C10H14AsN3/c1-8-7-9(13-10(11)12-8)14-5-3-2-4-6-14/h7H,2-6H2,1H3. The van der Waals surface area contributed by atoms with Crippen LogP contribution in [0.3, 0.4) is 0 Å². The molecule has 3 nitrogen and oxygen atoms in total. The third kappa shape index (κ3) is 2.27. The van der Waals surface area contributed by atoms with Crippen molar-refractivity contribution in [3.05, 3.63) is 11.8 Å². The van der Waals surface area contributed by atoms with Gasteiger partial charge in [0.25, 0.3) is 0 Å². The van der Waals surface area contributed by atoms with Crippen LogP contribution in [0, 0.1) is 6.92 Å². The van der Waals surface area contributed by atoms with Gasteiger partial charge in [-0.15, -0.1) is 0 Å². The molecule has 1 aromatic heterocycles. The van der Waals surface area contributed by atoms with Crippen LogP contribution >= 0.6 is 0 Å². The van der Waals surface area contributed by atoms with Crippen molar-refractivity contribution in [2.75, 3.05) is 18.0 Å². The van der Waals surface area contributed by atoms with Crippen molar-refractivity contribution in [2.45, 2.75) is 26.2 Å². The van der Waals surface area contributed by atoms with E-state index in [4.69, 9.17) is 0 Å². The first-order valence-corrected chi connectivity index (χ1v) is 5.99. The predicted molar refractivity (Wildman–Crippen MR) is 58.2 cm³/mol. The Kier molecular flexibility index (Phi) is 3.07. The minimum absolute atomic E-state index is 0.818. The summed E-state index contributed by atoms with van der Waals surface area (Å²) in [6.45, 7) is 4.30. The Morgan fingerprint density at radius 1 is 1.21 bits per heavy atom. The number of hydrogen-bond acceptors (Lipinski definition) is 3. The second kappa shape index (κ2) is 4.31. The molecule has 0 aromatic carbocycles. The van der Waals surface area contributed by atoms with E-state index in [0.29, 0.717) is 0 Å². The summed E-state index contributed by atoms with van der Waals surface area (Å²) in [4.78, 5) is 11.1. The Morgan fingerprint density at radius 2 is 1.93 bits per heavy atom. The number of anilines is 1. The molecule has 2 heterocycles. The fraction of sp³-hybridized carbons (Fsp3) is 0.600. The van der Waals surface area contributed by atoms with Crippen LogP contribution in [0.25, 0.3) is 0 Å². The molecule has 0 bridgehead atoms. The van der Waals surface area contributed by atoms with Gasteiger partial charge in [0.05, 0.1) is 0 Å². The molecule has 1 fully saturated rings. The summed E-state index contributed by atoms with van der Waals surface area (Å²) in [5, 5.41) is 0. The first-order valence-electron chi connectivity index (χ1n) is 5.05. The fourth-order valence-corrected chi connectivity index (χ4v) is 2.37. The van der Waals surface area contributed by atoms with E-state index < -0.39 is 0 Å². The zero-order valence-electron chi connectivity index (χ0n) is 8.40. The third-order valence-electron chi connectivity index (χ3n) is 2.51. The second-order valence-electron chi connectivity index (χ2n) is 3.72. The van der Waals surface area contributed by atoms with Gasteiger partial charge in [0.15, 0.2) is 0 Å². The first kappa shape index (κ1) is 9.97. The van der Waals surface area contributed by atoms with Crippen molar-refractivity contribution in [3.8, 4) is 0 Å². The minimum atomic E-state index is 0.818. The molecule has 1 aliphatic heterocycles. The van der Waals surface area contributed by atoms with Crippen LogP contribution in [0.4, 0.5) is 5.82 Å². The van der Waals surface area contributed by atoms with Crippen LogP contribution in [0.15, 0.2) is 6.07 Å². The predicted octanol–water partition coefficient (Wildman–Crippen LogP) is 0.569. The van der Waals surface area contributed by atoms with E-state index in [1.807, 2.05) is 6.92 Å². The fourth-order valence-electron chi connectivity index (χ4n) is 1.82. The molecule has 2 rings (SSSR count). The summed E-state index contributed by atoms with van der Waals surface area (Å²) in [6, 6.07) is 2.07. The quantitative estimate of drug-likeness (QED) is 0.683. The average molecular weight is 251 g/mol. The number of hydrogen-bond donors (Lipinski definition) is 0. The summed E-state index contributed by atoms with van der Waals surface area (Å²) in [5.74, 6) is 1.09. The Morgan fingerprint density at radius 3 is 2.57 bits per heavy atom. The molecule has 0 N–H and O–H groups in total. The summed E-state index contributed by atoms with van der Waals surface area (Å²) in [7, 11) is 0. The number of rotatable bonds is 1. The van der Waals surface area contributed by atoms with Crippen LogP contribution in [-0.2, 0) is 0 Å². The molecular formula is C10H14AsN3. The van der Waals surface area contributed by atoms with Gasteiger partial charge in [-0.25, -0.2) is 0 Å². The Balaban J connectivity index is 2.21. The molecule has 4 heteroatoms. The molecule has 2 radical (unpaired) electrons. The van der Waals surface area contributed by atoms with Crippen LogP contribution < -0.4 is 9.51 Å². The van der Waals surface area contributed by atoms with Crippen LogP contribution in [0.2, 0.25) is 0 Å². The summed E-state index contributed by atoms with van der Waals surface area (Å²) >= 11 is 2.42. The molecule has 0 aliphatic carbocycles. The second-order valence-corrected chi connectivity index (χ2v) is 4.55. The molecule has 74 valence electrons. The van der Waals surface area contributed by atoms with E-state index in [0.717, 1.165) is 29.2 Å². The molecular weight excluding hydrogens is 237 g/mol. The Hall–Kier alpha value is -0.562. The molecule has 1 aliphatic rings. The van der Waals surface area contributed by atoms with Crippen LogP contribution in [0.1, 0.15) is 25.0 Å². The number of aromatic nitrogens is 2. The third-order valence-corrected chi connectivity index (χ3v) is 2.93. The van der Waals surface area contributed by atoms with E-state index >= 15 is 0 Å². The summed E-state index contributed by atoms with van der Waals surface area (Å²) in [6.07, 6.45) is 3.93. The topological polar surface area (TPSA) is 29.0 Å². The maximum atomic E-state index is 4.44. The van der Waals surface area contributed by atoms with E-state index in [2.05, 4.69) is 37.8 Å². The van der Waals surface area contributed by atoms with Gasteiger partial charge >= 0.3 is 93.2 Å². The van der Waals surface area contributed by atoms with Crippen molar-refractivity contribution in [2.24, 2.45) is 0 Å². The summed E-state index contributed by atoms with van der Waals surface area (Å²) in [5.41, 5.74) is 1.05. The molecule has 0 atom stereocenters. The van der Waals surface area contributed by atoms with Crippen molar-refractivity contribution < 1.29 is 0 Å². The number of piperidine rings is 1. The monoisotopic (exact) mass is 251 g/mol. The van der Waals surface area contributed by atoms with Gasteiger partial charge in [-0.1, -0.05) is 0 Å². The summed E-state index contributed by atoms with van der Waals surface area (Å²) < 4.78 is 0.818. The molecule has 0 unspecified atom stereocenters. The van der Waals surface area contributed by atoms with Crippen molar-refractivity contribution in [3.63, 3.8) is 0 Å². The normalized spacial score (nSPS) is 17.1. The van der Waals surface area contributed by atoms with Crippen molar-refractivity contribution in [1.82, 2.24) is 9.97 Å². The molecule has 1 saturated heterocycles. The van der Waals surface area contributed by atoms with Gasteiger partial charge < -0.3 is 0 Å². The van der Waals surface area contributed by atoms with Gasteiger partial charge in [0.2, 0.25) is 0 Å². The Bertz CT molecular complexity index is 301. The van der Waals surface area contributed by atoms with E-state index in [9.17, 15) is 0 Å². The maximum absolute atomic E-state index is 4.44. The molecule has 0 saturated carbocycles. The van der Waals surface area contributed by atoms with Crippen molar-refractivity contribution in [1.29, 1.82) is 0 Å². The molecule has 0 amide bonds. The molecule has 0 spiro atoms. The van der Waals surface area contributed by atoms with E-state index in [1.54, 1.807) is 0 Å². The Labute approximate surface area is 93.4 Å². The van der Waals surface area contributed by atoms with Crippen molar-refractivity contribution >= 4 is 27.3 Å².